The first kappa shape index (κ1) is 13.4. The average molecular weight is 238 g/mol. The lowest BCUT2D eigenvalue weighted by atomic mass is 9.63. The summed E-state index contributed by atoms with van der Waals surface area (Å²) in [7, 11) is 0. The number of unbranched alkanes of at least 4 members (excludes halogenated alkanes) is 3. The summed E-state index contributed by atoms with van der Waals surface area (Å²) < 4.78 is 0. The molecule has 0 saturated heterocycles. The second kappa shape index (κ2) is 5.73. The number of rotatable bonds is 5. The molecule has 0 spiro atoms. The highest BCUT2D eigenvalue weighted by molar-refractivity contribution is 5.00. The van der Waals surface area contributed by atoms with Crippen molar-refractivity contribution in [2.75, 3.05) is 0 Å². The Labute approximate surface area is 107 Å². The Morgan fingerprint density at radius 3 is 2.71 bits per heavy atom. The quantitative estimate of drug-likeness (QED) is 0.697. The first-order valence-corrected chi connectivity index (χ1v) is 7.86. The Morgan fingerprint density at radius 2 is 1.94 bits per heavy atom. The van der Waals surface area contributed by atoms with Crippen molar-refractivity contribution in [1.82, 2.24) is 0 Å². The summed E-state index contributed by atoms with van der Waals surface area (Å²) in [6.45, 7) is 4.75. The van der Waals surface area contributed by atoms with Crippen molar-refractivity contribution in [1.29, 1.82) is 0 Å². The molecule has 17 heavy (non-hydrogen) atoms. The summed E-state index contributed by atoms with van der Waals surface area (Å²) >= 11 is 0. The molecular formula is C16H30O. The van der Waals surface area contributed by atoms with Gasteiger partial charge in [-0.2, -0.15) is 0 Å². The lowest BCUT2D eigenvalue weighted by Gasteiger charge is -2.43. The van der Waals surface area contributed by atoms with E-state index in [4.69, 9.17) is 0 Å². The summed E-state index contributed by atoms with van der Waals surface area (Å²) in [6, 6.07) is 0. The molecule has 2 rings (SSSR count). The maximum atomic E-state index is 10.2. The van der Waals surface area contributed by atoms with Gasteiger partial charge in [-0.05, 0) is 49.4 Å². The molecule has 1 heteroatoms. The number of hydrogen-bond acceptors (Lipinski definition) is 1. The van der Waals surface area contributed by atoms with Crippen molar-refractivity contribution in [2.24, 2.45) is 17.3 Å². The largest absolute Gasteiger partial charge is 0.393 e. The number of aliphatic hydroxyl groups excluding tert-OH is 1. The van der Waals surface area contributed by atoms with Crippen LogP contribution in [0.5, 0.6) is 0 Å². The molecule has 0 amide bonds. The minimum atomic E-state index is 0.00870. The smallest absolute Gasteiger partial charge is 0.0573 e. The molecule has 1 nitrogen and oxygen atoms in total. The van der Waals surface area contributed by atoms with E-state index in [-0.39, 0.29) is 6.10 Å². The van der Waals surface area contributed by atoms with Gasteiger partial charge in [0, 0.05) is 0 Å². The third-order valence-corrected chi connectivity index (χ3v) is 5.69. The van der Waals surface area contributed by atoms with E-state index >= 15 is 0 Å². The predicted molar refractivity (Wildman–Crippen MR) is 72.9 cm³/mol. The minimum absolute atomic E-state index is 0.00870. The second-order valence-corrected chi connectivity index (χ2v) is 6.70. The van der Waals surface area contributed by atoms with E-state index in [0.717, 1.165) is 12.3 Å². The lowest BCUT2D eigenvalue weighted by molar-refractivity contribution is -0.0186. The normalized spacial score (nSPS) is 41.5. The summed E-state index contributed by atoms with van der Waals surface area (Å²) in [6.07, 6.45) is 13.3. The Hall–Kier alpha value is -0.0400. The van der Waals surface area contributed by atoms with E-state index in [9.17, 15) is 5.11 Å². The van der Waals surface area contributed by atoms with Crippen LogP contribution in [0.4, 0.5) is 0 Å². The molecule has 0 aromatic rings. The van der Waals surface area contributed by atoms with Gasteiger partial charge in [-0.1, -0.05) is 46.0 Å². The lowest BCUT2D eigenvalue weighted by Crippen LogP contribution is -2.39. The molecular weight excluding hydrogens is 208 g/mol. The fourth-order valence-electron chi connectivity index (χ4n) is 4.55. The maximum Gasteiger partial charge on any atom is 0.0573 e. The van der Waals surface area contributed by atoms with Crippen LogP contribution in [0, 0.1) is 17.3 Å². The monoisotopic (exact) mass is 238 g/mol. The van der Waals surface area contributed by atoms with Gasteiger partial charge in [0.2, 0.25) is 0 Å². The van der Waals surface area contributed by atoms with Gasteiger partial charge in [0.25, 0.3) is 0 Å². The van der Waals surface area contributed by atoms with E-state index in [1.165, 1.54) is 57.8 Å². The molecule has 0 aliphatic heterocycles. The van der Waals surface area contributed by atoms with E-state index in [0.29, 0.717) is 11.3 Å². The Kier molecular flexibility index (Phi) is 4.52. The molecule has 2 fully saturated rings. The van der Waals surface area contributed by atoms with E-state index in [1.807, 2.05) is 0 Å². The van der Waals surface area contributed by atoms with Crippen LogP contribution in [0.25, 0.3) is 0 Å². The number of hydrogen-bond donors (Lipinski definition) is 1. The first-order valence-electron chi connectivity index (χ1n) is 7.86. The van der Waals surface area contributed by atoms with Crippen LogP contribution >= 0.6 is 0 Å². The first-order chi connectivity index (χ1) is 8.18. The van der Waals surface area contributed by atoms with Crippen molar-refractivity contribution in [3.63, 3.8) is 0 Å². The topological polar surface area (TPSA) is 20.2 Å². The van der Waals surface area contributed by atoms with Gasteiger partial charge in [-0.3, -0.25) is 0 Å². The molecule has 2 aliphatic rings. The standard InChI is InChI=1S/C16H30O/c1-3-4-5-6-8-13-10-11-14-15(17)9-7-12-16(13,14)2/h13-15,17H,3-12H2,1-2H3/t13?,14-,15?,16?/m0/s1. The molecule has 1 N–H and O–H groups in total. The summed E-state index contributed by atoms with van der Waals surface area (Å²) in [5.74, 6) is 1.52. The van der Waals surface area contributed by atoms with Crippen molar-refractivity contribution in [2.45, 2.75) is 84.2 Å². The maximum absolute atomic E-state index is 10.2. The van der Waals surface area contributed by atoms with Crippen LogP contribution in [0.1, 0.15) is 78.1 Å². The van der Waals surface area contributed by atoms with Crippen LogP contribution in [-0.4, -0.2) is 11.2 Å². The summed E-state index contributed by atoms with van der Waals surface area (Å²) in [4.78, 5) is 0. The van der Waals surface area contributed by atoms with Gasteiger partial charge in [0.1, 0.15) is 0 Å². The fraction of sp³-hybridized carbons (Fsp3) is 1.00. The minimum Gasteiger partial charge on any atom is -0.393 e. The average Bonchev–Trinajstić information content (AvgIpc) is 2.63. The van der Waals surface area contributed by atoms with Gasteiger partial charge < -0.3 is 5.11 Å². The van der Waals surface area contributed by atoms with Crippen LogP contribution in [0.3, 0.4) is 0 Å². The molecule has 0 radical (unpaired) electrons. The van der Waals surface area contributed by atoms with Crippen LogP contribution in [0.2, 0.25) is 0 Å². The Balaban J connectivity index is 1.87. The van der Waals surface area contributed by atoms with Gasteiger partial charge in [0.15, 0.2) is 0 Å². The molecule has 0 bridgehead atoms. The highest BCUT2D eigenvalue weighted by Crippen LogP contribution is 2.56. The van der Waals surface area contributed by atoms with Crippen LogP contribution in [0.15, 0.2) is 0 Å². The third kappa shape index (κ3) is 2.70. The number of fused-ring (bicyclic) bond motifs is 1. The summed E-state index contributed by atoms with van der Waals surface area (Å²) in [5.41, 5.74) is 0.476. The number of aliphatic hydroxyl groups is 1. The molecule has 4 atom stereocenters. The molecule has 0 aromatic carbocycles. The third-order valence-electron chi connectivity index (χ3n) is 5.69. The van der Waals surface area contributed by atoms with Crippen LogP contribution in [-0.2, 0) is 0 Å². The highest BCUT2D eigenvalue weighted by atomic mass is 16.3. The van der Waals surface area contributed by atoms with Crippen molar-refractivity contribution >= 4 is 0 Å². The van der Waals surface area contributed by atoms with E-state index < -0.39 is 0 Å². The van der Waals surface area contributed by atoms with Gasteiger partial charge in [0.05, 0.1) is 6.10 Å². The predicted octanol–water partition coefficient (Wildman–Crippen LogP) is 4.53. The van der Waals surface area contributed by atoms with E-state index in [2.05, 4.69) is 13.8 Å². The van der Waals surface area contributed by atoms with Crippen molar-refractivity contribution < 1.29 is 5.11 Å². The SMILES string of the molecule is CCCCCCC1CC[C@H]2C(O)CCCC12C. The Bertz CT molecular complexity index is 238. The molecule has 3 unspecified atom stereocenters. The zero-order valence-electron chi connectivity index (χ0n) is 11.8. The molecule has 100 valence electrons. The van der Waals surface area contributed by atoms with Gasteiger partial charge in [-0.15, -0.1) is 0 Å². The molecule has 2 aliphatic carbocycles. The van der Waals surface area contributed by atoms with Crippen LogP contribution < -0.4 is 0 Å². The molecule has 0 aromatic heterocycles. The highest BCUT2D eigenvalue weighted by Gasteiger charge is 2.50. The molecule has 2 saturated carbocycles. The van der Waals surface area contributed by atoms with Gasteiger partial charge >= 0.3 is 0 Å². The van der Waals surface area contributed by atoms with Crippen molar-refractivity contribution in [3.05, 3.63) is 0 Å². The zero-order chi connectivity index (χ0) is 12.3. The second-order valence-electron chi connectivity index (χ2n) is 6.70. The Morgan fingerprint density at radius 1 is 1.12 bits per heavy atom. The zero-order valence-corrected chi connectivity index (χ0v) is 11.8. The van der Waals surface area contributed by atoms with Gasteiger partial charge in [-0.25, -0.2) is 0 Å². The fourth-order valence-corrected chi connectivity index (χ4v) is 4.55. The summed E-state index contributed by atoms with van der Waals surface area (Å²) in [5, 5.41) is 10.2. The van der Waals surface area contributed by atoms with E-state index in [1.54, 1.807) is 0 Å². The van der Waals surface area contributed by atoms with Crippen molar-refractivity contribution in [3.8, 4) is 0 Å². The molecule has 0 heterocycles.